The Labute approximate surface area is 132 Å². The van der Waals surface area contributed by atoms with Crippen LogP contribution in [0.5, 0.6) is 0 Å². The molecule has 0 fully saturated rings. The first-order chi connectivity index (χ1) is 10.7. The molecule has 0 unspecified atom stereocenters. The van der Waals surface area contributed by atoms with Gasteiger partial charge in [-0.25, -0.2) is 0 Å². The summed E-state index contributed by atoms with van der Waals surface area (Å²) < 4.78 is 4.90. The van der Waals surface area contributed by atoms with E-state index in [0.717, 1.165) is 12.8 Å². The summed E-state index contributed by atoms with van der Waals surface area (Å²) in [6.45, 7) is 3.81. The first-order valence-corrected chi connectivity index (χ1v) is 7.33. The number of carbonyl (C=O) groups excluding carboxylic acids is 1. The summed E-state index contributed by atoms with van der Waals surface area (Å²) in [5.41, 5.74) is 2.53. The second-order valence-electron chi connectivity index (χ2n) is 4.97. The van der Waals surface area contributed by atoms with Crippen LogP contribution in [0.25, 0.3) is 0 Å². The highest BCUT2D eigenvalue weighted by atomic mass is 16.5. The molecule has 0 radical (unpaired) electrons. The Morgan fingerprint density at radius 3 is 2.91 bits per heavy atom. The highest BCUT2D eigenvalue weighted by Crippen LogP contribution is 2.04. The molecule has 0 atom stereocenters. The molecular formula is C17H23N3O2. The molecule has 118 valence electrons. The summed E-state index contributed by atoms with van der Waals surface area (Å²) in [5.74, 6) is -0.360. The molecule has 0 heterocycles. The van der Waals surface area contributed by atoms with E-state index in [9.17, 15) is 4.79 Å². The van der Waals surface area contributed by atoms with Crippen molar-refractivity contribution in [1.29, 1.82) is 5.26 Å². The molecule has 22 heavy (non-hydrogen) atoms. The Balaban J connectivity index is 2.35. The van der Waals surface area contributed by atoms with Crippen LogP contribution in [0.2, 0.25) is 0 Å². The predicted molar refractivity (Wildman–Crippen MR) is 86.1 cm³/mol. The van der Waals surface area contributed by atoms with Crippen LogP contribution in [-0.4, -0.2) is 32.7 Å². The van der Waals surface area contributed by atoms with Crippen molar-refractivity contribution in [2.24, 2.45) is 0 Å². The van der Waals surface area contributed by atoms with Crippen LogP contribution >= 0.6 is 0 Å². The zero-order valence-electron chi connectivity index (χ0n) is 13.2. The van der Waals surface area contributed by atoms with Crippen molar-refractivity contribution >= 4 is 5.91 Å². The van der Waals surface area contributed by atoms with Gasteiger partial charge in [0.2, 0.25) is 0 Å². The van der Waals surface area contributed by atoms with Crippen LogP contribution in [0.3, 0.4) is 0 Å². The van der Waals surface area contributed by atoms with Crippen molar-refractivity contribution in [2.45, 2.75) is 19.8 Å². The maximum absolute atomic E-state index is 11.8. The van der Waals surface area contributed by atoms with E-state index in [0.29, 0.717) is 19.7 Å². The number of nitriles is 1. The van der Waals surface area contributed by atoms with Crippen LogP contribution in [-0.2, 0) is 16.0 Å². The topological polar surface area (TPSA) is 74.1 Å². The van der Waals surface area contributed by atoms with Crippen molar-refractivity contribution < 1.29 is 9.53 Å². The minimum absolute atomic E-state index is 0.0849. The van der Waals surface area contributed by atoms with E-state index in [2.05, 4.69) is 35.8 Å². The third-order valence-electron chi connectivity index (χ3n) is 3.06. The SMILES string of the molecule is COCCCNC(=O)/C(C#N)=C\NCCc1cccc(C)c1. The molecule has 1 rings (SSSR count). The maximum atomic E-state index is 11.8. The summed E-state index contributed by atoms with van der Waals surface area (Å²) in [5, 5.41) is 14.7. The second kappa shape index (κ2) is 10.4. The highest BCUT2D eigenvalue weighted by molar-refractivity contribution is 5.97. The molecule has 1 amide bonds. The number of methoxy groups -OCH3 is 1. The summed E-state index contributed by atoms with van der Waals surface area (Å²) in [7, 11) is 1.61. The lowest BCUT2D eigenvalue weighted by molar-refractivity contribution is -0.117. The van der Waals surface area contributed by atoms with Crippen LogP contribution in [0, 0.1) is 18.3 Å². The largest absolute Gasteiger partial charge is 0.389 e. The monoisotopic (exact) mass is 301 g/mol. The van der Waals surface area contributed by atoms with Gasteiger partial charge in [-0.3, -0.25) is 4.79 Å². The Morgan fingerprint density at radius 2 is 2.23 bits per heavy atom. The quantitative estimate of drug-likeness (QED) is 0.413. The van der Waals surface area contributed by atoms with E-state index < -0.39 is 0 Å². The van der Waals surface area contributed by atoms with Gasteiger partial charge in [-0.2, -0.15) is 5.26 Å². The number of hydrogen-bond acceptors (Lipinski definition) is 4. The van der Waals surface area contributed by atoms with Gasteiger partial charge in [-0.1, -0.05) is 29.8 Å². The van der Waals surface area contributed by atoms with E-state index in [1.165, 1.54) is 17.3 Å². The van der Waals surface area contributed by atoms with Crippen LogP contribution in [0.15, 0.2) is 36.0 Å². The molecule has 0 aliphatic rings. The second-order valence-corrected chi connectivity index (χ2v) is 4.97. The summed E-state index contributed by atoms with van der Waals surface area (Å²) in [6, 6.07) is 10.2. The molecule has 5 nitrogen and oxygen atoms in total. The third kappa shape index (κ3) is 6.91. The van der Waals surface area contributed by atoms with Gasteiger partial charge in [0.15, 0.2) is 0 Å². The molecule has 0 aliphatic heterocycles. The van der Waals surface area contributed by atoms with Gasteiger partial charge >= 0.3 is 0 Å². The Hall–Kier alpha value is -2.32. The number of nitrogens with one attached hydrogen (secondary N) is 2. The van der Waals surface area contributed by atoms with Crippen molar-refractivity contribution in [3.63, 3.8) is 0 Å². The number of ether oxygens (including phenoxy) is 1. The van der Waals surface area contributed by atoms with Crippen molar-refractivity contribution in [2.75, 3.05) is 26.8 Å². The number of hydrogen-bond donors (Lipinski definition) is 2. The van der Waals surface area contributed by atoms with Gasteiger partial charge in [-0.15, -0.1) is 0 Å². The van der Waals surface area contributed by atoms with E-state index in [1.807, 2.05) is 12.1 Å². The Morgan fingerprint density at radius 1 is 1.41 bits per heavy atom. The molecule has 0 saturated heterocycles. The number of amides is 1. The normalized spacial score (nSPS) is 10.9. The summed E-state index contributed by atoms with van der Waals surface area (Å²) >= 11 is 0. The number of nitrogens with zero attached hydrogens (tertiary/aromatic N) is 1. The number of rotatable bonds is 9. The summed E-state index contributed by atoms with van der Waals surface area (Å²) in [4.78, 5) is 11.8. The fraction of sp³-hybridized carbons (Fsp3) is 0.412. The van der Waals surface area contributed by atoms with Gasteiger partial charge in [0.25, 0.3) is 5.91 Å². The highest BCUT2D eigenvalue weighted by Gasteiger charge is 2.07. The fourth-order valence-electron chi connectivity index (χ4n) is 1.92. The lowest BCUT2D eigenvalue weighted by atomic mass is 10.1. The minimum Gasteiger partial charge on any atom is -0.389 e. The van der Waals surface area contributed by atoms with Gasteiger partial charge in [-0.05, 0) is 25.3 Å². The van der Waals surface area contributed by atoms with Crippen molar-refractivity contribution in [3.05, 3.63) is 47.2 Å². The van der Waals surface area contributed by atoms with Gasteiger partial charge in [0.05, 0.1) is 0 Å². The van der Waals surface area contributed by atoms with Gasteiger partial charge in [0, 0.05) is 33.0 Å². The minimum atomic E-state index is -0.360. The third-order valence-corrected chi connectivity index (χ3v) is 3.06. The molecule has 0 aromatic heterocycles. The van der Waals surface area contributed by atoms with E-state index >= 15 is 0 Å². The molecule has 0 aliphatic carbocycles. The first-order valence-electron chi connectivity index (χ1n) is 7.33. The van der Waals surface area contributed by atoms with Crippen LogP contribution in [0.4, 0.5) is 0 Å². The molecule has 1 aromatic rings. The Kier molecular flexibility index (Phi) is 8.39. The number of benzene rings is 1. The fourth-order valence-corrected chi connectivity index (χ4v) is 1.92. The molecule has 1 aromatic carbocycles. The lowest BCUT2D eigenvalue weighted by Gasteiger charge is -2.05. The van der Waals surface area contributed by atoms with Gasteiger partial charge < -0.3 is 15.4 Å². The smallest absolute Gasteiger partial charge is 0.263 e. The first kappa shape index (κ1) is 17.7. The molecule has 0 spiro atoms. The molecule has 0 bridgehead atoms. The lowest BCUT2D eigenvalue weighted by Crippen LogP contribution is -2.27. The zero-order chi connectivity index (χ0) is 16.2. The average Bonchev–Trinajstić information content (AvgIpc) is 2.51. The molecule has 5 heteroatoms. The molecular weight excluding hydrogens is 278 g/mol. The van der Waals surface area contributed by atoms with E-state index in [1.54, 1.807) is 7.11 Å². The van der Waals surface area contributed by atoms with Crippen molar-refractivity contribution in [1.82, 2.24) is 10.6 Å². The van der Waals surface area contributed by atoms with Crippen LogP contribution in [0.1, 0.15) is 17.5 Å². The number of aryl methyl sites for hydroxylation is 1. The van der Waals surface area contributed by atoms with E-state index in [4.69, 9.17) is 10.00 Å². The zero-order valence-corrected chi connectivity index (χ0v) is 13.2. The molecule has 2 N–H and O–H groups in total. The van der Waals surface area contributed by atoms with Crippen LogP contribution < -0.4 is 10.6 Å². The standard InChI is InChI=1S/C17H23N3O2/c1-14-5-3-6-15(11-14)7-9-19-13-16(12-18)17(21)20-8-4-10-22-2/h3,5-6,11,13,19H,4,7-10H2,1-2H3,(H,20,21)/b16-13-. The number of carbonyl (C=O) groups is 1. The maximum Gasteiger partial charge on any atom is 0.263 e. The Bertz CT molecular complexity index is 547. The van der Waals surface area contributed by atoms with Crippen molar-refractivity contribution in [3.8, 4) is 6.07 Å². The predicted octanol–water partition coefficient (Wildman–Crippen LogP) is 1.69. The average molecular weight is 301 g/mol. The summed E-state index contributed by atoms with van der Waals surface area (Å²) in [6.07, 6.45) is 3.04. The molecule has 0 saturated carbocycles. The van der Waals surface area contributed by atoms with Gasteiger partial charge in [0.1, 0.15) is 11.6 Å². The van der Waals surface area contributed by atoms with E-state index in [-0.39, 0.29) is 11.5 Å².